The lowest BCUT2D eigenvalue weighted by Gasteiger charge is -2.08. The number of aryl methyl sites for hydroxylation is 2. The predicted molar refractivity (Wildman–Crippen MR) is 45.6 cm³/mol. The van der Waals surface area contributed by atoms with E-state index in [-0.39, 0.29) is 11.3 Å². The number of hydrogen-bond acceptors (Lipinski definition) is 2. The summed E-state index contributed by atoms with van der Waals surface area (Å²) in [6.07, 6.45) is -2.81. The summed E-state index contributed by atoms with van der Waals surface area (Å²) in [7, 11) is 0. The Hall–Kier alpha value is -1.52. The highest BCUT2D eigenvalue weighted by molar-refractivity contribution is 5.89. The molecule has 5 heteroatoms. The predicted octanol–water partition coefficient (Wildman–Crippen LogP) is 2.33. The standard InChI is InChI=1S/C9H9F2NO2/c1-4-3-6(9(13)14)7(8(10)11)5(2)12-4/h3,8H,1-2H3,(H,13,14). The first-order valence-corrected chi connectivity index (χ1v) is 3.93. The minimum Gasteiger partial charge on any atom is -0.478 e. The van der Waals surface area contributed by atoms with Crippen molar-refractivity contribution in [2.24, 2.45) is 0 Å². The SMILES string of the molecule is Cc1cc(C(=O)O)c(C(F)F)c(C)n1. The van der Waals surface area contributed by atoms with Crippen LogP contribution >= 0.6 is 0 Å². The lowest BCUT2D eigenvalue weighted by atomic mass is 10.1. The van der Waals surface area contributed by atoms with Crippen LogP contribution in [0.15, 0.2) is 6.07 Å². The number of aromatic nitrogens is 1. The summed E-state index contributed by atoms with van der Waals surface area (Å²) in [5.74, 6) is -1.35. The summed E-state index contributed by atoms with van der Waals surface area (Å²) >= 11 is 0. The number of rotatable bonds is 2. The second-order valence-electron chi connectivity index (χ2n) is 2.92. The average molecular weight is 201 g/mol. The maximum absolute atomic E-state index is 12.5. The molecule has 0 fully saturated rings. The summed E-state index contributed by atoms with van der Waals surface area (Å²) < 4.78 is 25.0. The molecule has 0 saturated heterocycles. The van der Waals surface area contributed by atoms with Gasteiger partial charge in [0.2, 0.25) is 0 Å². The number of alkyl halides is 2. The number of halogens is 2. The van der Waals surface area contributed by atoms with Crippen LogP contribution in [-0.2, 0) is 0 Å². The number of hydrogen-bond donors (Lipinski definition) is 1. The summed E-state index contributed by atoms with van der Waals surface area (Å²) in [5.41, 5.74) is -0.380. The van der Waals surface area contributed by atoms with Crippen LogP contribution in [0.5, 0.6) is 0 Å². The lowest BCUT2D eigenvalue weighted by molar-refractivity contribution is 0.0683. The molecule has 0 aliphatic carbocycles. The van der Waals surface area contributed by atoms with Crippen molar-refractivity contribution in [1.29, 1.82) is 0 Å². The fraction of sp³-hybridized carbons (Fsp3) is 0.333. The zero-order valence-electron chi connectivity index (χ0n) is 7.71. The molecular weight excluding hydrogens is 192 g/mol. The number of carboxylic acid groups (broad SMARTS) is 1. The first-order chi connectivity index (χ1) is 6.43. The van der Waals surface area contributed by atoms with Crippen LogP contribution in [0.4, 0.5) is 8.78 Å². The molecule has 1 aromatic heterocycles. The van der Waals surface area contributed by atoms with Gasteiger partial charge in [-0.05, 0) is 19.9 Å². The molecule has 1 aromatic rings. The van der Waals surface area contributed by atoms with Gasteiger partial charge in [-0.25, -0.2) is 13.6 Å². The van der Waals surface area contributed by atoms with Crippen LogP contribution in [0.25, 0.3) is 0 Å². The van der Waals surface area contributed by atoms with Gasteiger partial charge in [0.1, 0.15) is 0 Å². The molecule has 0 spiro atoms. The Morgan fingerprint density at radius 1 is 1.50 bits per heavy atom. The monoisotopic (exact) mass is 201 g/mol. The van der Waals surface area contributed by atoms with E-state index in [0.29, 0.717) is 5.69 Å². The number of pyridine rings is 1. The van der Waals surface area contributed by atoms with E-state index < -0.39 is 18.0 Å². The van der Waals surface area contributed by atoms with Gasteiger partial charge in [-0.2, -0.15) is 0 Å². The van der Waals surface area contributed by atoms with Gasteiger partial charge in [-0.15, -0.1) is 0 Å². The third-order valence-corrected chi connectivity index (χ3v) is 1.83. The Balaban J connectivity index is 3.44. The van der Waals surface area contributed by atoms with Crippen LogP contribution in [-0.4, -0.2) is 16.1 Å². The van der Waals surface area contributed by atoms with Gasteiger partial charge in [0.25, 0.3) is 6.43 Å². The van der Waals surface area contributed by atoms with Gasteiger partial charge in [0.05, 0.1) is 11.1 Å². The third kappa shape index (κ3) is 1.86. The van der Waals surface area contributed by atoms with Gasteiger partial charge in [-0.3, -0.25) is 4.98 Å². The number of carbonyl (C=O) groups is 1. The summed E-state index contributed by atoms with van der Waals surface area (Å²) in [6, 6.07) is 1.15. The van der Waals surface area contributed by atoms with Crippen molar-refractivity contribution in [1.82, 2.24) is 4.98 Å². The number of nitrogens with zero attached hydrogens (tertiary/aromatic N) is 1. The normalized spacial score (nSPS) is 10.6. The molecule has 0 radical (unpaired) electrons. The first-order valence-electron chi connectivity index (χ1n) is 3.93. The van der Waals surface area contributed by atoms with Crippen molar-refractivity contribution < 1.29 is 18.7 Å². The van der Waals surface area contributed by atoms with Crippen molar-refractivity contribution in [3.05, 3.63) is 28.6 Å². The van der Waals surface area contributed by atoms with Crippen molar-refractivity contribution in [3.8, 4) is 0 Å². The lowest BCUT2D eigenvalue weighted by Crippen LogP contribution is -2.07. The Morgan fingerprint density at radius 2 is 2.07 bits per heavy atom. The van der Waals surface area contributed by atoms with E-state index in [9.17, 15) is 13.6 Å². The first kappa shape index (κ1) is 10.6. The van der Waals surface area contributed by atoms with E-state index >= 15 is 0 Å². The molecule has 0 saturated carbocycles. The quantitative estimate of drug-likeness (QED) is 0.798. The largest absolute Gasteiger partial charge is 0.478 e. The molecule has 0 atom stereocenters. The van der Waals surface area contributed by atoms with Crippen LogP contribution in [0.2, 0.25) is 0 Å². The second-order valence-corrected chi connectivity index (χ2v) is 2.92. The molecule has 1 N–H and O–H groups in total. The molecule has 0 aromatic carbocycles. The fourth-order valence-electron chi connectivity index (χ4n) is 1.29. The van der Waals surface area contributed by atoms with Gasteiger partial charge >= 0.3 is 5.97 Å². The molecule has 0 unspecified atom stereocenters. The van der Waals surface area contributed by atoms with Crippen LogP contribution in [0.1, 0.15) is 33.7 Å². The highest BCUT2D eigenvalue weighted by atomic mass is 19.3. The minimum atomic E-state index is -2.81. The molecule has 1 heterocycles. The molecular formula is C9H9F2NO2. The Bertz CT molecular complexity index is 377. The van der Waals surface area contributed by atoms with Gasteiger partial charge in [-0.1, -0.05) is 0 Å². The van der Waals surface area contributed by atoms with E-state index in [1.165, 1.54) is 6.92 Å². The van der Waals surface area contributed by atoms with Crippen LogP contribution < -0.4 is 0 Å². The third-order valence-electron chi connectivity index (χ3n) is 1.83. The van der Waals surface area contributed by atoms with Crippen molar-refractivity contribution in [3.63, 3.8) is 0 Å². The van der Waals surface area contributed by atoms with Crippen molar-refractivity contribution in [2.75, 3.05) is 0 Å². The molecule has 76 valence electrons. The van der Waals surface area contributed by atoms with E-state index in [4.69, 9.17) is 5.11 Å². The van der Waals surface area contributed by atoms with E-state index in [0.717, 1.165) is 6.07 Å². The molecule has 0 amide bonds. The van der Waals surface area contributed by atoms with E-state index in [1.54, 1.807) is 6.92 Å². The fourth-order valence-corrected chi connectivity index (χ4v) is 1.29. The average Bonchev–Trinajstić information content (AvgIpc) is 2.01. The Morgan fingerprint density at radius 3 is 2.50 bits per heavy atom. The topological polar surface area (TPSA) is 50.2 Å². The second kappa shape index (κ2) is 3.69. The molecule has 3 nitrogen and oxygen atoms in total. The summed E-state index contributed by atoms with van der Waals surface area (Å²) in [4.78, 5) is 14.5. The zero-order chi connectivity index (χ0) is 10.9. The number of aromatic carboxylic acids is 1. The highest BCUT2D eigenvalue weighted by Gasteiger charge is 2.21. The van der Waals surface area contributed by atoms with E-state index in [1.807, 2.05) is 0 Å². The maximum Gasteiger partial charge on any atom is 0.336 e. The molecule has 0 aliphatic rings. The maximum atomic E-state index is 12.5. The minimum absolute atomic E-state index is 0.0670. The van der Waals surface area contributed by atoms with Gasteiger partial charge in [0, 0.05) is 11.4 Å². The smallest absolute Gasteiger partial charge is 0.336 e. The Kier molecular flexibility index (Phi) is 2.78. The molecule has 0 bridgehead atoms. The van der Waals surface area contributed by atoms with Gasteiger partial charge < -0.3 is 5.11 Å². The van der Waals surface area contributed by atoms with Gasteiger partial charge in [0.15, 0.2) is 0 Å². The van der Waals surface area contributed by atoms with E-state index in [2.05, 4.69) is 4.98 Å². The Labute approximate surface area is 79.4 Å². The van der Waals surface area contributed by atoms with Crippen molar-refractivity contribution >= 4 is 5.97 Å². The summed E-state index contributed by atoms with van der Waals surface area (Å²) in [6.45, 7) is 2.94. The number of carboxylic acids is 1. The van der Waals surface area contributed by atoms with Crippen LogP contribution in [0.3, 0.4) is 0 Å². The molecule has 1 rings (SSSR count). The van der Waals surface area contributed by atoms with Crippen molar-refractivity contribution in [2.45, 2.75) is 20.3 Å². The zero-order valence-corrected chi connectivity index (χ0v) is 7.71. The molecule has 14 heavy (non-hydrogen) atoms. The van der Waals surface area contributed by atoms with Crippen LogP contribution in [0, 0.1) is 13.8 Å². The highest BCUT2D eigenvalue weighted by Crippen LogP contribution is 2.25. The summed E-state index contributed by atoms with van der Waals surface area (Å²) in [5, 5.41) is 8.70. The molecule has 0 aliphatic heterocycles.